The van der Waals surface area contributed by atoms with Crippen molar-refractivity contribution in [3.8, 4) is 5.75 Å². The Morgan fingerprint density at radius 2 is 2.33 bits per heavy atom. The maximum Gasteiger partial charge on any atom is 0.130 e. The van der Waals surface area contributed by atoms with E-state index in [4.69, 9.17) is 10.5 Å². The summed E-state index contributed by atoms with van der Waals surface area (Å²) in [6.45, 7) is 3.27. The molecular weight excluding hydrogens is 193 g/mol. The summed E-state index contributed by atoms with van der Waals surface area (Å²) < 4.78 is 19.0. The fourth-order valence-electron chi connectivity index (χ4n) is 2.00. The van der Waals surface area contributed by atoms with Crippen LogP contribution in [-0.2, 0) is 6.42 Å². The first-order valence-electron chi connectivity index (χ1n) is 5.37. The summed E-state index contributed by atoms with van der Waals surface area (Å²) in [6.07, 6.45) is 1.70. The Bertz CT molecular complexity index is 365. The number of hydrogen-bond donors (Lipinski definition) is 1. The zero-order chi connectivity index (χ0) is 10.8. The third-order valence-corrected chi connectivity index (χ3v) is 2.94. The second kappa shape index (κ2) is 4.19. The first-order chi connectivity index (χ1) is 7.22. The van der Waals surface area contributed by atoms with Gasteiger partial charge in [-0.25, -0.2) is 4.39 Å². The van der Waals surface area contributed by atoms with E-state index in [1.807, 2.05) is 13.0 Å². The molecule has 0 spiro atoms. The van der Waals surface area contributed by atoms with Crippen LogP contribution in [0.25, 0.3) is 0 Å². The van der Waals surface area contributed by atoms with Gasteiger partial charge in [-0.05, 0) is 36.1 Å². The quantitative estimate of drug-likeness (QED) is 0.828. The number of benzene rings is 1. The van der Waals surface area contributed by atoms with Crippen LogP contribution in [0.15, 0.2) is 12.1 Å². The summed E-state index contributed by atoms with van der Waals surface area (Å²) in [5.41, 5.74) is 7.37. The number of ether oxygens (including phenoxy) is 1. The highest BCUT2D eigenvalue weighted by molar-refractivity contribution is 5.41. The maximum absolute atomic E-state index is 13.7. The summed E-state index contributed by atoms with van der Waals surface area (Å²) in [4.78, 5) is 0. The molecule has 1 aromatic carbocycles. The Labute approximate surface area is 89.2 Å². The van der Waals surface area contributed by atoms with E-state index in [0.29, 0.717) is 18.9 Å². The van der Waals surface area contributed by atoms with Crippen LogP contribution in [0, 0.1) is 5.82 Å². The number of rotatable bonds is 3. The summed E-state index contributed by atoms with van der Waals surface area (Å²) in [7, 11) is 0. The lowest BCUT2D eigenvalue weighted by Crippen LogP contribution is -2.06. The molecule has 1 unspecified atom stereocenters. The lowest BCUT2D eigenvalue weighted by atomic mass is 9.95. The van der Waals surface area contributed by atoms with Crippen LogP contribution in [-0.4, -0.2) is 13.2 Å². The molecule has 0 bridgehead atoms. The van der Waals surface area contributed by atoms with Crippen molar-refractivity contribution in [2.24, 2.45) is 5.73 Å². The Morgan fingerprint density at radius 3 is 3.07 bits per heavy atom. The van der Waals surface area contributed by atoms with Crippen molar-refractivity contribution in [3.05, 3.63) is 29.1 Å². The Morgan fingerprint density at radius 1 is 1.53 bits per heavy atom. The second-order valence-electron chi connectivity index (χ2n) is 4.06. The molecule has 15 heavy (non-hydrogen) atoms. The predicted octanol–water partition coefficient (Wildman–Crippen LogP) is 2.21. The SMILES string of the molecule is CC(CCN)c1cc2c(cc1F)OCC2. The molecule has 0 amide bonds. The van der Waals surface area contributed by atoms with Gasteiger partial charge in [0.1, 0.15) is 11.6 Å². The maximum atomic E-state index is 13.7. The molecule has 1 atom stereocenters. The minimum atomic E-state index is -0.170. The lowest BCUT2D eigenvalue weighted by molar-refractivity contribution is 0.355. The van der Waals surface area contributed by atoms with Gasteiger partial charge in [-0.2, -0.15) is 0 Å². The molecule has 0 aliphatic carbocycles. The van der Waals surface area contributed by atoms with E-state index in [1.165, 1.54) is 6.07 Å². The lowest BCUT2D eigenvalue weighted by Gasteiger charge is -2.13. The normalized spacial score (nSPS) is 15.9. The molecule has 1 aliphatic heterocycles. The molecule has 0 aromatic heterocycles. The smallest absolute Gasteiger partial charge is 0.130 e. The van der Waals surface area contributed by atoms with Gasteiger partial charge in [-0.3, -0.25) is 0 Å². The summed E-state index contributed by atoms with van der Waals surface area (Å²) in [5, 5.41) is 0. The largest absolute Gasteiger partial charge is 0.493 e. The van der Waals surface area contributed by atoms with E-state index in [1.54, 1.807) is 0 Å². The third kappa shape index (κ3) is 1.97. The molecule has 2 rings (SSSR count). The van der Waals surface area contributed by atoms with Gasteiger partial charge in [0.2, 0.25) is 0 Å². The Kier molecular flexibility index (Phi) is 2.91. The third-order valence-electron chi connectivity index (χ3n) is 2.94. The van der Waals surface area contributed by atoms with Crippen molar-refractivity contribution < 1.29 is 9.13 Å². The summed E-state index contributed by atoms with van der Waals surface area (Å²) in [6, 6.07) is 3.43. The first kappa shape index (κ1) is 10.4. The van der Waals surface area contributed by atoms with Gasteiger partial charge in [0, 0.05) is 12.5 Å². The average molecular weight is 209 g/mol. The van der Waals surface area contributed by atoms with E-state index in [2.05, 4.69) is 0 Å². The van der Waals surface area contributed by atoms with E-state index in [9.17, 15) is 4.39 Å². The van der Waals surface area contributed by atoms with Gasteiger partial charge < -0.3 is 10.5 Å². The van der Waals surface area contributed by atoms with Crippen LogP contribution < -0.4 is 10.5 Å². The highest BCUT2D eigenvalue weighted by Crippen LogP contribution is 2.32. The fraction of sp³-hybridized carbons (Fsp3) is 0.500. The highest BCUT2D eigenvalue weighted by atomic mass is 19.1. The number of nitrogens with two attached hydrogens (primary N) is 1. The molecule has 1 aliphatic rings. The molecule has 0 saturated heterocycles. The van der Waals surface area contributed by atoms with Crippen molar-refractivity contribution in [3.63, 3.8) is 0 Å². The predicted molar refractivity (Wildman–Crippen MR) is 57.7 cm³/mol. The van der Waals surface area contributed by atoms with Crippen molar-refractivity contribution in [2.75, 3.05) is 13.2 Å². The van der Waals surface area contributed by atoms with Gasteiger partial charge in [0.05, 0.1) is 6.61 Å². The minimum absolute atomic E-state index is 0.170. The second-order valence-corrected chi connectivity index (χ2v) is 4.06. The van der Waals surface area contributed by atoms with Crippen molar-refractivity contribution in [2.45, 2.75) is 25.7 Å². The Balaban J connectivity index is 2.31. The fourth-order valence-corrected chi connectivity index (χ4v) is 2.00. The summed E-state index contributed by atoms with van der Waals surface area (Å²) >= 11 is 0. The van der Waals surface area contributed by atoms with E-state index in [-0.39, 0.29) is 11.7 Å². The molecule has 1 heterocycles. The van der Waals surface area contributed by atoms with E-state index < -0.39 is 0 Å². The van der Waals surface area contributed by atoms with Crippen LogP contribution in [0.1, 0.15) is 30.4 Å². The molecular formula is C12H16FNO. The van der Waals surface area contributed by atoms with Gasteiger partial charge in [0.15, 0.2) is 0 Å². The van der Waals surface area contributed by atoms with E-state index in [0.717, 1.165) is 24.0 Å². The van der Waals surface area contributed by atoms with Crippen LogP contribution in [0.4, 0.5) is 4.39 Å². The van der Waals surface area contributed by atoms with Gasteiger partial charge >= 0.3 is 0 Å². The van der Waals surface area contributed by atoms with Crippen LogP contribution in [0.3, 0.4) is 0 Å². The molecule has 0 radical (unpaired) electrons. The monoisotopic (exact) mass is 209 g/mol. The number of fused-ring (bicyclic) bond motifs is 1. The molecule has 82 valence electrons. The molecule has 0 fully saturated rings. The molecule has 3 heteroatoms. The van der Waals surface area contributed by atoms with Crippen LogP contribution in [0.2, 0.25) is 0 Å². The van der Waals surface area contributed by atoms with Crippen molar-refractivity contribution >= 4 is 0 Å². The zero-order valence-electron chi connectivity index (χ0n) is 8.92. The van der Waals surface area contributed by atoms with Gasteiger partial charge in [0.25, 0.3) is 0 Å². The zero-order valence-corrected chi connectivity index (χ0v) is 8.92. The van der Waals surface area contributed by atoms with Crippen molar-refractivity contribution in [1.29, 1.82) is 0 Å². The van der Waals surface area contributed by atoms with Crippen LogP contribution in [0.5, 0.6) is 5.75 Å². The molecule has 2 nitrogen and oxygen atoms in total. The standard InChI is InChI=1S/C12H16FNO/c1-8(2-4-14)10-6-9-3-5-15-12(9)7-11(10)13/h6-8H,2-5,14H2,1H3. The number of hydrogen-bond acceptors (Lipinski definition) is 2. The van der Waals surface area contributed by atoms with E-state index >= 15 is 0 Å². The minimum Gasteiger partial charge on any atom is -0.493 e. The van der Waals surface area contributed by atoms with Gasteiger partial charge in [-0.15, -0.1) is 0 Å². The molecule has 1 aromatic rings. The molecule has 2 N–H and O–H groups in total. The van der Waals surface area contributed by atoms with Crippen LogP contribution >= 0.6 is 0 Å². The topological polar surface area (TPSA) is 35.2 Å². The molecule has 0 saturated carbocycles. The highest BCUT2D eigenvalue weighted by Gasteiger charge is 2.18. The van der Waals surface area contributed by atoms with Crippen molar-refractivity contribution in [1.82, 2.24) is 0 Å². The number of halogens is 1. The first-order valence-corrected chi connectivity index (χ1v) is 5.37. The summed E-state index contributed by atoms with van der Waals surface area (Å²) in [5.74, 6) is 0.716. The average Bonchev–Trinajstić information content (AvgIpc) is 2.63. The van der Waals surface area contributed by atoms with Gasteiger partial charge in [-0.1, -0.05) is 6.92 Å². The Hall–Kier alpha value is -1.09.